The zero-order chi connectivity index (χ0) is 14.0. The van der Waals surface area contributed by atoms with Crippen molar-refractivity contribution < 1.29 is 14.6 Å². The van der Waals surface area contributed by atoms with Gasteiger partial charge in [-0.05, 0) is 17.3 Å². The summed E-state index contributed by atoms with van der Waals surface area (Å²) in [4.78, 5) is 11.5. The van der Waals surface area contributed by atoms with Gasteiger partial charge in [0.05, 0.1) is 17.7 Å². The smallest absolute Gasteiger partial charge is 0.327 e. The molecule has 0 unspecified atom stereocenters. The summed E-state index contributed by atoms with van der Waals surface area (Å²) >= 11 is 11.9. The first kappa shape index (κ1) is 13.6. The lowest BCUT2D eigenvalue weighted by Crippen LogP contribution is -2.11. The first-order valence-corrected chi connectivity index (χ1v) is 5.80. The van der Waals surface area contributed by atoms with Crippen LogP contribution in [0.15, 0.2) is 12.1 Å². The van der Waals surface area contributed by atoms with Crippen molar-refractivity contribution in [1.82, 2.24) is 20.2 Å². The molecule has 0 saturated heterocycles. The highest BCUT2D eigenvalue weighted by Gasteiger charge is 2.16. The SMILES string of the molecule is COc1c(Cl)cc(Cl)cc1-c1nnn(CC(=O)O)n1. The molecule has 0 fully saturated rings. The molecule has 0 saturated carbocycles. The van der Waals surface area contributed by atoms with Gasteiger partial charge in [-0.3, -0.25) is 4.79 Å². The third kappa shape index (κ3) is 2.94. The van der Waals surface area contributed by atoms with Crippen LogP contribution in [-0.4, -0.2) is 38.4 Å². The number of nitrogens with zero attached hydrogens (tertiary/aromatic N) is 4. The van der Waals surface area contributed by atoms with Gasteiger partial charge >= 0.3 is 5.97 Å². The van der Waals surface area contributed by atoms with Crippen LogP contribution in [0.5, 0.6) is 5.75 Å². The van der Waals surface area contributed by atoms with Crippen molar-refractivity contribution in [3.63, 3.8) is 0 Å². The van der Waals surface area contributed by atoms with Gasteiger partial charge in [-0.1, -0.05) is 23.2 Å². The van der Waals surface area contributed by atoms with Crippen LogP contribution >= 0.6 is 23.2 Å². The van der Waals surface area contributed by atoms with E-state index in [0.717, 1.165) is 4.80 Å². The van der Waals surface area contributed by atoms with Crippen molar-refractivity contribution in [3.8, 4) is 17.1 Å². The second kappa shape index (κ2) is 5.41. The molecule has 1 aromatic carbocycles. The Labute approximate surface area is 117 Å². The number of aromatic nitrogens is 4. The Morgan fingerprint density at radius 1 is 1.47 bits per heavy atom. The van der Waals surface area contributed by atoms with E-state index in [-0.39, 0.29) is 12.4 Å². The van der Waals surface area contributed by atoms with E-state index in [9.17, 15) is 4.79 Å². The van der Waals surface area contributed by atoms with Crippen LogP contribution in [0.3, 0.4) is 0 Å². The average molecular weight is 303 g/mol. The third-order valence-electron chi connectivity index (χ3n) is 2.18. The number of carboxylic acid groups (broad SMARTS) is 1. The topological polar surface area (TPSA) is 90.1 Å². The number of carboxylic acids is 1. The van der Waals surface area contributed by atoms with Crippen molar-refractivity contribution >= 4 is 29.2 Å². The Kier molecular flexibility index (Phi) is 3.87. The third-order valence-corrected chi connectivity index (χ3v) is 2.68. The van der Waals surface area contributed by atoms with Crippen LogP contribution in [0.25, 0.3) is 11.4 Å². The van der Waals surface area contributed by atoms with Crippen LogP contribution in [0.2, 0.25) is 10.0 Å². The first-order chi connectivity index (χ1) is 9.01. The standard InChI is InChI=1S/C10H8Cl2N4O3/c1-19-9-6(2-5(11)3-7(9)12)10-13-15-16(14-10)4-8(17)18/h2-3H,4H2,1H3,(H,17,18). The van der Waals surface area contributed by atoms with Gasteiger partial charge in [0.15, 0.2) is 6.54 Å². The summed E-state index contributed by atoms with van der Waals surface area (Å²) in [6.07, 6.45) is 0. The van der Waals surface area contributed by atoms with Gasteiger partial charge in [0.1, 0.15) is 5.75 Å². The molecule has 0 bridgehead atoms. The zero-order valence-corrected chi connectivity index (χ0v) is 11.2. The molecule has 0 radical (unpaired) electrons. The van der Waals surface area contributed by atoms with Crippen LogP contribution < -0.4 is 4.74 Å². The molecule has 1 heterocycles. The molecular weight excluding hydrogens is 295 g/mol. The van der Waals surface area contributed by atoms with Crippen molar-refractivity contribution in [2.45, 2.75) is 6.54 Å². The minimum absolute atomic E-state index is 0.183. The van der Waals surface area contributed by atoms with E-state index in [1.807, 2.05) is 0 Å². The summed E-state index contributed by atoms with van der Waals surface area (Å²) in [5, 5.41) is 20.6. The molecule has 0 aliphatic rings. The molecule has 0 aliphatic heterocycles. The van der Waals surface area contributed by atoms with Crippen LogP contribution in [0.1, 0.15) is 0 Å². The van der Waals surface area contributed by atoms with Crippen LogP contribution in [0, 0.1) is 0 Å². The Morgan fingerprint density at radius 3 is 2.84 bits per heavy atom. The van der Waals surface area contributed by atoms with E-state index in [4.69, 9.17) is 33.0 Å². The molecule has 100 valence electrons. The fourth-order valence-electron chi connectivity index (χ4n) is 1.47. The lowest BCUT2D eigenvalue weighted by Gasteiger charge is -2.07. The predicted molar refractivity (Wildman–Crippen MR) is 67.5 cm³/mol. The molecule has 0 aliphatic carbocycles. The number of aliphatic carboxylic acids is 1. The fraction of sp³-hybridized carbons (Fsp3) is 0.200. The van der Waals surface area contributed by atoms with E-state index in [2.05, 4.69) is 15.4 Å². The number of tetrazole rings is 1. The maximum Gasteiger partial charge on any atom is 0.327 e. The van der Waals surface area contributed by atoms with Gasteiger partial charge in [-0.15, -0.1) is 10.2 Å². The Balaban J connectivity index is 2.46. The number of hydrogen-bond acceptors (Lipinski definition) is 5. The van der Waals surface area contributed by atoms with Gasteiger partial charge in [-0.25, -0.2) is 0 Å². The van der Waals surface area contributed by atoms with Gasteiger partial charge in [0.25, 0.3) is 0 Å². The lowest BCUT2D eigenvalue weighted by atomic mass is 10.2. The summed E-state index contributed by atoms with van der Waals surface area (Å²) in [5.74, 6) is -0.538. The summed E-state index contributed by atoms with van der Waals surface area (Å²) in [5.41, 5.74) is 0.441. The molecule has 0 spiro atoms. The molecule has 2 aromatic rings. The summed E-state index contributed by atoms with van der Waals surface area (Å²) < 4.78 is 5.15. The zero-order valence-electron chi connectivity index (χ0n) is 9.67. The highest BCUT2D eigenvalue weighted by atomic mass is 35.5. The minimum Gasteiger partial charge on any atom is -0.494 e. The predicted octanol–water partition coefficient (Wildman–Crippen LogP) is 1.74. The molecule has 1 N–H and O–H groups in total. The molecule has 7 nitrogen and oxygen atoms in total. The van der Waals surface area contributed by atoms with E-state index in [1.165, 1.54) is 13.2 Å². The molecular formula is C10H8Cl2N4O3. The number of rotatable bonds is 4. The largest absolute Gasteiger partial charge is 0.494 e. The second-order valence-corrected chi connectivity index (χ2v) is 4.35. The Bertz CT molecular complexity index is 629. The van der Waals surface area contributed by atoms with Crippen molar-refractivity contribution in [2.24, 2.45) is 0 Å². The second-order valence-electron chi connectivity index (χ2n) is 3.51. The van der Waals surface area contributed by atoms with Gasteiger partial charge in [-0.2, -0.15) is 4.80 Å². The number of carbonyl (C=O) groups is 1. The van der Waals surface area contributed by atoms with E-state index < -0.39 is 5.97 Å². The van der Waals surface area contributed by atoms with Crippen molar-refractivity contribution in [3.05, 3.63) is 22.2 Å². The Morgan fingerprint density at radius 2 is 2.21 bits per heavy atom. The number of halogens is 2. The Hall–Kier alpha value is -1.86. The molecule has 0 atom stereocenters. The van der Waals surface area contributed by atoms with Crippen LogP contribution in [0.4, 0.5) is 0 Å². The fourth-order valence-corrected chi connectivity index (χ4v) is 2.04. The molecule has 2 rings (SSSR count). The first-order valence-electron chi connectivity index (χ1n) is 5.04. The number of benzene rings is 1. The number of ether oxygens (including phenoxy) is 1. The summed E-state index contributed by atoms with van der Waals surface area (Å²) in [6.45, 7) is -0.385. The maximum atomic E-state index is 10.6. The maximum absolute atomic E-state index is 10.6. The number of hydrogen-bond donors (Lipinski definition) is 1. The van der Waals surface area contributed by atoms with Gasteiger partial charge in [0.2, 0.25) is 5.82 Å². The van der Waals surface area contributed by atoms with E-state index >= 15 is 0 Å². The summed E-state index contributed by atoms with van der Waals surface area (Å²) in [6, 6.07) is 3.08. The molecule has 19 heavy (non-hydrogen) atoms. The van der Waals surface area contributed by atoms with Gasteiger partial charge in [0, 0.05) is 5.02 Å². The van der Waals surface area contributed by atoms with Crippen molar-refractivity contribution in [1.29, 1.82) is 0 Å². The monoisotopic (exact) mass is 302 g/mol. The van der Waals surface area contributed by atoms with Gasteiger partial charge < -0.3 is 9.84 Å². The molecule has 9 heteroatoms. The lowest BCUT2D eigenvalue weighted by molar-refractivity contribution is -0.138. The normalized spacial score (nSPS) is 10.5. The van der Waals surface area contributed by atoms with Crippen LogP contribution in [-0.2, 0) is 11.3 Å². The van der Waals surface area contributed by atoms with E-state index in [1.54, 1.807) is 6.07 Å². The van der Waals surface area contributed by atoms with E-state index in [0.29, 0.717) is 21.4 Å². The summed E-state index contributed by atoms with van der Waals surface area (Å²) in [7, 11) is 1.44. The average Bonchev–Trinajstić information content (AvgIpc) is 2.75. The quantitative estimate of drug-likeness (QED) is 0.925. The highest BCUT2D eigenvalue weighted by Crippen LogP contribution is 2.37. The van der Waals surface area contributed by atoms with Crippen molar-refractivity contribution in [2.75, 3.05) is 7.11 Å². The minimum atomic E-state index is -1.07. The molecule has 1 aromatic heterocycles. The highest BCUT2D eigenvalue weighted by molar-refractivity contribution is 6.36. The number of methoxy groups -OCH3 is 1. The molecule has 0 amide bonds.